The molecule has 0 spiro atoms. The van der Waals surface area contributed by atoms with E-state index in [1.807, 2.05) is 49.1 Å². The number of fused-ring (bicyclic) bond motifs is 1. The van der Waals surface area contributed by atoms with Gasteiger partial charge in [-0.15, -0.1) is 0 Å². The summed E-state index contributed by atoms with van der Waals surface area (Å²) in [7, 11) is 0. The lowest BCUT2D eigenvalue weighted by Crippen LogP contribution is -2.40. The molecule has 0 bridgehead atoms. The van der Waals surface area contributed by atoms with Gasteiger partial charge in [-0.05, 0) is 19.9 Å². The molecule has 25 heavy (non-hydrogen) atoms. The van der Waals surface area contributed by atoms with Gasteiger partial charge in [0.25, 0.3) is 11.6 Å². The van der Waals surface area contributed by atoms with E-state index < -0.39 is 0 Å². The van der Waals surface area contributed by atoms with Crippen LogP contribution >= 0.6 is 0 Å². The highest BCUT2D eigenvalue weighted by molar-refractivity contribution is 6.07. The lowest BCUT2D eigenvalue weighted by molar-refractivity contribution is 0.0304. The van der Waals surface area contributed by atoms with Crippen LogP contribution in [0.15, 0.2) is 34.9 Å². The third-order valence-corrected chi connectivity index (χ3v) is 4.49. The van der Waals surface area contributed by atoms with Crippen molar-refractivity contribution in [2.45, 2.75) is 13.8 Å². The van der Waals surface area contributed by atoms with Crippen LogP contribution < -0.4 is 0 Å². The van der Waals surface area contributed by atoms with Gasteiger partial charge in [0, 0.05) is 18.7 Å². The van der Waals surface area contributed by atoms with Crippen LogP contribution in [0.1, 0.15) is 21.6 Å². The Labute approximate surface area is 145 Å². The molecule has 128 valence electrons. The fourth-order valence-electron chi connectivity index (χ4n) is 3.07. The molecule has 6 heteroatoms. The number of ether oxygens (including phenoxy) is 1. The van der Waals surface area contributed by atoms with E-state index in [1.54, 1.807) is 0 Å². The van der Waals surface area contributed by atoms with Gasteiger partial charge in [-0.3, -0.25) is 4.79 Å². The second-order valence-electron chi connectivity index (χ2n) is 6.27. The lowest BCUT2D eigenvalue weighted by Gasteiger charge is -2.27. The number of pyridine rings is 1. The molecule has 1 aromatic carbocycles. The minimum Gasteiger partial charge on any atom is -0.378 e. The summed E-state index contributed by atoms with van der Waals surface area (Å²) in [5.74, 6) is -0.0321. The molecule has 0 atom stereocenters. The molecule has 2 aromatic heterocycles. The smallest absolute Gasteiger partial charge is 0.259 e. The molecule has 3 heterocycles. The average Bonchev–Trinajstić information content (AvgIpc) is 3.03. The van der Waals surface area contributed by atoms with Crippen molar-refractivity contribution in [3.63, 3.8) is 0 Å². The van der Waals surface area contributed by atoms with Gasteiger partial charge in [0.2, 0.25) is 0 Å². The normalized spacial score (nSPS) is 14.9. The summed E-state index contributed by atoms with van der Waals surface area (Å²) in [5.41, 5.74) is 4.48. The molecule has 0 saturated carbocycles. The Morgan fingerprint density at radius 2 is 1.84 bits per heavy atom. The van der Waals surface area contributed by atoms with E-state index in [-0.39, 0.29) is 5.91 Å². The zero-order valence-corrected chi connectivity index (χ0v) is 14.3. The fourth-order valence-corrected chi connectivity index (χ4v) is 3.07. The van der Waals surface area contributed by atoms with E-state index in [9.17, 15) is 4.79 Å². The summed E-state index contributed by atoms with van der Waals surface area (Å²) < 4.78 is 10.7. The highest BCUT2D eigenvalue weighted by Crippen LogP contribution is 2.28. The molecule has 1 aliphatic heterocycles. The maximum absolute atomic E-state index is 13.1. The SMILES string of the molecule is Cc1ccc(-c2cc(C(=O)N3CCOCC3)c3c(C)noc3n2)cc1. The molecule has 3 aromatic rings. The van der Waals surface area contributed by atoms with Gasteiger partial charge in [0.05, 0.1) is 35.6 Å². The Kier molecular flexibility index (Phi) is 3.97. The molecule has 0 radical (unpaired) electrons. The molecule has 0 unspecified atom stereocenters. The molecule has 1 amide bonds. The van der Waals surface area contributed by atoms with E-state index in [0.717, 1.165) is 5.56 Å². The minimum atomic E-state index is -0.0321. The summed E-state index contributed by atoms with van der Waals surface area (Å²) in [6.07, 6.45) is 0. The standard InChI is InChI=1S/C19H19N3O3/c1-12-3-5-14(6-4-12)16-11-15(17-13(2)21-25-18(17)20-16)19(23)22-7-9-24-10-8-22/h3-6,11H,7-10H2,1-2H3. The van der Waals surface area contributed by atoms with Crippen molar-refractivity contribution in [2.75, 3.05) is 26.3 Å². The highest BCUT2D eigenvalue weighted by Gasteiger charge is 2.24. The first-order valence-corrected chi connectivity index (χ1v) is 8.34. The largest absolute Gasteiger partial charge is 0.378 e. The third kappa shape index (κ3) is 2.89. The minimum absolute atomic E-state index is 0.0321. The number of hydrogen-bond donors (Lipinski definition) is 0. The van der Waals surface area contributed by atoms with E-state index in [0.29, 0.717) is 54.4 Å². The second kappa shape index (κ2) is 6.29. The lowest BCUT2D eigenvalue weighted by atomic mass is 10.0. The maximum Gasteiger partial charge on any atom is 0.259 e. The first-order valence-electron chi connectivity index (χ1n) is 8.34. The van der Waals surface area contributed by atoms with Crippen LogP contribution in [0.2, 0.25) is 0 Å². The van der Waals surface area contributed by atoms with Gasteiger partial charge in [0.15, 0.2) is 0 Å². The number of aryl methyl sites for hydroxylation is 2. The van der Waals surface area contributed by atoms with Gasteiger partial charge < -0.3 is 14.2 Å². The van der Waals surface area contributed by atoms with Gasteiger partial charge in [-0.1, -0.05) is 35.0 Å². The van der Waals surface area contributed by atoms with Crippen LogP contribution in [0.25, 0.3) is 22.4 Å². The number of rotatable bonds is 2. The zero-order chi connectivity index (χ0) is 17.4. The zero-order valence-electron chi connectivity index (χ0n) is 14.3. The Bertz CT molecular complexity index is 925. The summed E-state index contributed by atoms with van der Waals surface area (Å²) in [4.78, 5) is 19.4. The molecule has 0 N–H and O–H groups in total. The number of nitrogens with zero attached hydrogens (tertiary/aromatic N) is 3. The van der Waals surface area contributed by atoms with Crippen LogP contribution in [0.5, 0.6) is 0 Å². The Morgan fingerprint density at radius 1 is 1.12 bits per heavy atom. The molecule has 1 aliphatic rings. The predicted octanol–water partition coefficient (Wildman–Crippen LogP) is 2.98. The summed E-state index contributed by atoms with van der Waals surface area (Å²) in [5, 5.41) is 4.69. The van der Waals surface area contributed by atoms with Gasteiger partial charge in [-0.25, -0.2) is 4.98 Å². The summed E-state index contributed by atoms with van der Waals surface area (Å²) >= 11 is 0. The third-order valence-electron chi connectivity index (χ3n) is 4.49. The number of benzene rings is 1. The van der Waals surface area contributed by atoms with Crippen molar-refractivity contribution in [1.29, 1.82) is 0 Å². The van der Waals surface area contributed by atoms with E-state index >= 15 is 0 Å². The molecule has 1 fully saturated rings. The van der Waals surface area contributed by atoms with E-state index in [2.05, 4.69) is 10.1 Å². The number of morpholine rings is 1. The maximum atomic E-state index is 13.1. The van der Waals surface area contributed by atoms with Crippen molar-refractivity contribution in [2.24, 2.45) is 0 Å². The summed E-state index contributed by atoms with van der Waals surface area (Å²) in [6, 6.07) is 9.88. The van der Waals surface area contributed by atoms with Crippen LogP contribution in [0, 0.1) is 13.8 Å². The Balaban J connectivity index is 1.84. The number of amides is 1. The van der Waals surface area contributed by atoms with Crippen LogP contribution in [0.3, 0.4) is 0 Å². The molecule has 4 rings (SSSR count). The van der Waals surface area contributed by atoms with Crippen LogP contribution in [-0.2, 0) is 4.74 Å². The number of carbonyl (C=O) groups excluding carboxylic acids is 1. The van der Waals surface area contributed by atoms with Gasteiger partial charge >= 0.3 is 0 Å². The molecular formula is C19H19N3O3. The topological polar surface area (TPSA) is 68.5 Å². The van der Waals surface area contributed by atoms with Gasteiger partial charge in [-0.2, -0.15) is 0 Å². The van der Waals surface area contributed by atoms with Crippen molar-refractivity contribution in [3.05, 3.63) is 47.2 Å². The molecular weight excluding hydrogens is 318 g/mol. The first-order chi connectivity index (χ1) is 12.1. The molecule has 0 aliphatic carbocycles. The van der Waals surface area contributed by atoms with Gasteiger partial charge in [0.1, 0.15) is 0 Å². The highest BCUT2D eigenvalue weighted by atomic mass is 16.5. The van der Waals surface area contributed by atoms with Crippen molar-refractivity contribution in [1.82, 2.24) is 15.0 Å². The predicted molar refractivity (Wildman–Crippen MR) is 93.4 cm³/mol. The first kappa shape index (κ1) is 15.8. The van der Waals surface area contributed by atoms with E-state index in [4.69, 9.17) is 9.26 Å². The number of carbonyl (C=O) groups is 1. The van der Waals surface area contributed by atoms with Crippen molar-refractivity contribution < 1.29 is 14.1 Å². The number of aromatic nitrogens is 2. The van der Waals surface area contributed by atoms with E-state index in [1.165, 1.54) is 5.56 Å². The number of hydrogen-bond acceptors (Lipinski definition) is 5. The van der Waals surface area contributed by atoms with Crippen molar-refractivity contribution in [3.8, 4) is 11.3 Å². The average molecular weight is 337 g/mol. The summed E-state index contributed by atoms with van der Waals surface area (Å²) in [6.45, 7) is 6.17. The molecule has 1 saturated heterocycles. The Morgan fingerprint density at radius 3 is 2.56 bits per heavy atom. The molecule has 6 nitrogen and oxygen atoms in total. The quantitative estimate of drug-likeness (QED) is 0.719. The fraction of sp³-hybridized carbons (Fsp3) is 0.316. The monoisotopic (exact) mass is 337 g/mol. The van der Waals surface area contributed by atoms with Crippen LogP contribution in [0.4, 0.5) is 0 Å². The second-order valence-corrected chi connectivity index (χ2v) is 6.27. The van der Waals surface area contributed by atoms with Crippen molar-refractivity contribution >= 4 is 17.0 Å². The Hall–Kier alpha value is -2.73. The van der Waals surface area contributed by atoms with Crippen LogP contribution in [-0.4, -0.2) is 47.3 Å².